The molecule has 0 unspecified atom stereocenters. The molecule has 0 bridgehead atoms. The van der Waals surface area contributed by atoms with E-state index in [1.807, 2.05) is 46.5 Å². The second-order valence-electron chi connectivity index (χ2n) is 5.93. The van der Waals surface area contributed by atoms with Crippen LogP contribution in [0.5, 0.6) is 0 Å². The van der Waals surface area contributed by atoms with E-state index in [4.69, 9.17) is 0 Å². The van der Waals surface area contributed by atoms with Gasteiger partial charge in [-0.2, -0.15) is 4.99 Å². The van der Waals surface area contributed by atoms with Gasteiger partial charge in [-0.3, -0.25) is 9.59 Å². The number of carbonyl (C=O) groups is 2. The Balaban J connectivity index is 1.57. The maximum absolute atomic E-state index is 13.6. The monoisotopic (exact) mass is 401 g/mol. The highest BCUT2D eigenvalue weighted by atomic mass is 32.1. The van der Waals surface area contributed by atoms with Crippen LogP contribution in [0.3, 0.4) is 0 Å². The molecule has 2 aromatic carbocycles. The van der Waals surface area contributed by atoms with Gasteiger partial charge in [-0.25, -0.2) is 8.78 Å². The first-order valence-corrected chi connectivity index (χ1v) is 9.39. The van der Waals surface area contributed by atoms with Gasteiger partial charge in [0.15, 0.2) is 4.80 Å². The van der Waals surface area contributed by atoms with Crippen LogP contribution in [0.1, 0.15) is 22.3 Å². The summed E-state index contributed by atoms with van der Waals surface area (Å²) in [6, 6.07) is 12.5. The summed E-state index contributed by atoms with van der Waals surface area (Å²) >= 11 is 1.34. The first-order chi connectivity index (χ1) is 13.5. The lowest BCUT2D eigenvalue weighted by Crippen LogP contribution is -2.27. The lowest BCUT2D eigenvalue weighted by molar-refractivity contribution is -0.117. The van der Waals surface area contributed by atoms with Crippen molar-refractivity contribution in [1.82, 2.24) is 9.88 Å². The van der Waals surface area contributed by atoms with Crippen molar-refractivity contribution in [3.63, 3.8) is 0 Å². The highest BCUT2D eigenvalue weighted by molar-refractivity contribution is 7.07. The van der Waals surface area contributed by atoms with Crippen molar-refractivity contribution in [1.29, 1.82) is 0 Å². The molecule has 28 heavy (non-hydrogen) atoms. The second-order valence-corrected chi connectivity index (χ2v) is 6.81. The predicted molar refractivity (Wildman–Crippen MR) is 102 cm³/mol. The molecule has 3 rings (SSSR count). The van der Waals surface area contributed by atoms with Crippen LogP contribution in [-0.2, 0) is 11.3 Å². The minimum absolute atomic E-state index is 0.00203. The number of nitrogens with zero attached hydrogens (tertiary/aromatic N) is 2. The Labute approximate surface area is 164 Å². The molecule has 0 spiro atoms. The standard InChI is InChI=1S/C20H17F2N3O2S/c21-15-6-7-16(17(22)12-15)19(27)23-9-8-18(26)24-20-25(10-11-28-20)13-14-4-2-1-3-5-14/h1-7,10-12H,8-9,13H2,(H,23,27). The molecular weight excluding hydrogens is 384 g/mol. The van der Waals surface area contributed by atoms with Gasteiger partial charge >= 0.3 is 0 Å². The summed E-state index contributed by atoms with van der Waals surface area (Å²) in [6.45, 7) is 0.596. The van der Waals surface area contributed by atoms with Crippen molar-refractivity contribution >= 4 is 23.2 Å². The van der Waals surface area contributed by atoms with Crippen molar-refractivity contribution in [2.75, 3.05) is 6.54 Å². The number of halogens is 2. The van der Waals surface area contributed by atoms with Crippen LogP contribution < -0.4 is 10.1 Å². The van der Waals surface area contributed by atoms with Gasteiger partial charge in [0.2, 0.25) is 5.91 Å². The number of hydrogen-bond donors (Lipinski definition) is 1. The first kappa shape index (κ1) is 19.6. The third-order valence-electron chi connectivity index (χ3n) is 3.88. The Morgan fingerprint density at radius 2 is 1.89 bits per heavy atom. The van der Waals surface area contributed by atoms with Crippen molar-refractivity contribution < 1.29 is 18.4 Å². The molecular formula is C20H17F2N3O2S. The van der Waals surface area contributed by atoms with Crippen molar-refractivity contribution in [2.45, 2.75) is 13.0 Å². The van der Waals surface area contributed by atoms with Crippen molar-refractivity contribution in [3.8, 4) is 0 Å². The molecule has 0 radical (unpaired) electrons. The van der Waals surface area contributed by atoms with E-state index in [9.17, 15) is 18.4 Å². The fraction of sp³-hybridized carbons (Fsp3) is 0.150. The SMILES string of the molecule is O=C(CCNC(=O)c1ccc(F)cc1F)N=c1sccn1Cc1ccccc1. The fourth-order valence-corrected chi connectivity index (χ4v) is 3.25. The average molecular weight is 401 g/mol. The Hall–Kier alpha value is -3.13. The largest absolute Gasteiger partial charge is 0.351 e. The van der Waals surface area contributed by atoms with Gasteiger partial charge in [0, 0.05) is 37.2 Å². The summed E-state index contributed by atoms with van der Waals surface area (Å²) in [6.07, 6.45) is 1.82. The third-order valence-corrected chi connectivity index (χ3v) is 4.67. The number of carbonyl (C=O) groups excluding carboxylic acids is 2. The van der Waals surface area contributed by atoms with Crippen LogP contribution in [0.15, 0.2) is 65.1 Å². The highest BCUT2D eigenvalue weighted by Gasteiger charge is 2.12. The maximum atomic E-state index is 13.6. The number of hydrogen-bond acceptors (Lipinski definition) is 3. The Morgan fingerprint density at radius 1 is 1.11 bits per heavy atom. The molecule has 0 fully saturated rings. The summed E-state index contributed by atoms with van der Waals surface area (Å²) < 4.78 is 28.3. The molecule has 0 saturated carbocycles. The second kappa shape index (κ2) is 9.18. The van der Waals surface area contributed by atoms with E-state index in [1.54, 1.807) is 0 Å². The van der Waals surface area contributed by atoms with Gasteiger partial charge in [-0.15, -0.1) is 11.3 Å². The van der Waals surface area contributed by atoms with E-state index in [-0.39, 0.29) is 18.5 Å². The van der Waals surface area contributed by atoms with Crippen molar-refractivity contribution in [3.05, 3.63) is 87.7 Å². The van der Waals surface area contributed by atoms with Gasteiger partial charge in [-0.05, 0) is 17.7 Å². The van der Waals surface area contributed by atoms with E-state index in [0.717, 1.165) is 17.7 Å². The zero-order valence-corrected chi connectivity index (χ0v) is 15.6. The lowest BCUT2D eigenvalue weighted by Gasteiger charge is -2.05. The molecule has 0 aliphatic rings. The molecule has 0 aliphatic heterocycles. The molecule has 1 heterocycles. The van der Waals surface area contributed by atoms with Crippen LogP contribution in [-0.4, -0.2) is 22.9 Å². The third kappa shape index (κ3) is 5.20. The van der Waals surface area contributed by atoms with Crippen LogP contribution in [0, 0.1) is 11.6 Å². The summed E-state index contributed by atoms with van der Waals surface area (Å²) in [5.74, 6) is -2.82. The Kier molecular flexibility index (Phi) is 6.44. The number of amides is 2. The van der Waals surface area contributed by atoms with Gasteiger partial charge in [0.05, 0.1) is 5.56 Å². The van der Waals surface area contributed by atoms with E-state index >= 15 is 0 Å². The number of rotatable bonds is 6. The molecule has 1 aromatic heterocycles. The molecule has 0 saturated heterocycles. The van der Waals surface area contributed by atoms with Gasteiger partial charge < -0.3 is 9.88 Å². The Bertz CT molecular complexity index is 1040. The van der Waals surface area contributed by atoms with E-state index in [2.05, 4.69) is 10.3 Å². The summed E-state index contributed by atoms with van der Waals surface area (Å²) in [5.41, 5.74) is 0.813. The number of thiazole rings is 1. The zero-order chi connectivity index (χ0) is 19.9. The van der Waals surface area contributed by atoms with E-state index < -0.39 is 23.4 Å². The molecule has 144 valence electrons. The predicted octanol–water partition coefficient (Wildman–Crippen LogP) is 3.12. The minimum atomic E-state index is -0.950. The minimum Gasteiger partial charge on any atom is -0.351 e. The quantitative estimate of drug-likeness (QED) is 0.690. The molecule has 1 N–H and O–H groups in total. The number of aromatic nitrogens is 1. The van der Waals surface area contributed by atoms with Crippen LogP contribution >= 0.6 is 11.3 Å². The fourth-order valence-electron chi connectivity index (χ4n) is 2.50. The molecule has 3 aromatic rings. The first-order valence-electron chi connectivity index (χ1n) is 8.51. The van der Waals surface area contributed by atoms with Crippen LogP contribution in [0.2, 0.25) is 0 Å². The average Bonchev–Trinajstić information content (AvgIpc) is 3.09. The molecule has 8 heteroatoms. The highest BCUT2D eigenvalue weighted by Crippen LogP contribution is 2.09. The summed E-state index contributed by atoms with van der Waals surface area (Å²) in [4.78, 5) is 28.7. The Morgan fingerprint density at radius 3 is 2.64 bits per heavy atom. The molecule has 5 nitrogen and oxygen atoms in total. The van der Waals surface area contributed by atoms with Crippen LogP contribution in [0.25, 0.3) is 0 Å². The van der Waals surface area contributed by atoms with Gasteiger partial charge in [0.25, 0.3) is 5.91 Å². The van der Waals surface area contributed by atoms with E-state index in [0.29, 0.717) is 17.4 Å². The number of nitrogens with one attached hydrogen (secondary N) is 1. The molecule has 2 amide bonds. The van der Waals surface area contributed by atoms with Gasteiger partial charge in [-0.1, -0.05) is 30.3 Å². The zero-order valence-electron chi connectivity index (χ0n) is 14.8. The van der Waals surface area contributed by atoms with Gasteiger partial charge in [0.1, 0.15) is 11.6 Å². The molecule has 0 atom stereocenters. The van der Waals surface area contributed by atoms with Crippen molar-refractivity contribution in [2.24, 2.45) is 4.99 Å². The lowest BCUT2D eigenvalue weighted by atomic mass is 10.2. The van der Waals surface area contributed by atoms with E-state index in [1.165, 1.54) is 11.3 Å². The number of benzene rings is 2. The topological polar surface area (TPSA) is 63.5 Å². The van der Waals surface area contributed by atoms with Crippen LogP contribution in [0.4, 0.5) is 8.78 Å². The maximum Gasteiger partial charge on any atom is 0.254 e. The molecule has 0 aliphatic carbocycles. The summed E-state index contributed by atoms with van der Waals surface area (Å²) in [5, 5.41) is 4.28. The smallest absolute Gasteiger partial charge is 0.254 e. The normalized spacial score (nSPS) is 11.4. The summed E-state index contributed by atoms with van der Waals surface area (Å²) in [7, 11) is 0.